The molecule has 0 atom stereocenters. The lowest BCUT2D eigenvalue weighted by Gasteiger charge is -2.02. The summed E-state index contributed by atoms with van der Waals surface area (Å²) in [7, 11) is 0. The number of thiophene rings is 1. The zero-order chi connectivity index (χ0) is 12.4. The Labute approximate surface area is 117 Å². The molecule has 0 radical (unpaired) electrons. The zero-order valence-corrected chi connectivity index (χ0v) is 12.2. The Hall–Kier alpha value is -0.840. The average molecular weight is 330 g/mol. The van der Waals surface area contributed by atoms with Crippen LogP contribution < -0.4 is 5.73 Å². The summed E-state index contributed by atoms with van der Waals surface area (Å²) in [4.78, 5) is 5.30. The van der Waals surface area contributed by atoms with Crippen molar-refractivity contribution < 1.29 is 0 Å². The Balaban J connectivity index is 2.35. The fourth-order valence-electron chi connectivity index (χ4n) is 1.38. The van der Waals surface area contributed by atoms with Crippen molar-refractivity contribution in [1.29, 1.82) is 0 Å². The van der Waals surface area contributed by atoms with Gasteiger partial charge in [-0.2, -0.15) is 0 Å². The molecule has 5 heteroatoms. The van der Waals surface area contributed by atoms with Crippen molar-refractivity contribution in [2.45, 2.75) is 6.92 Å². The number of nitrogens with zero attached hydrogens (tertiary/aromatic N) is 1. The molecule has 0 aliphatic rings. The molecule has 0 spiro atoms. The van der Waals surface area contributed by atoms with Gasteiger partial charge in [0.25, 0.3) is 0 Å². The number of hydrogen-bond acceptors (Lipinski definition) is 2. The summed E-state index contributed by atoms with van der Waals surface area (Å²) in [5.74, 6) is 0.493. The van der Waals surface area contributed by atoms with Crippen LogP contribution in [0.3, 0.4) is 0 Å². The van der Waals surface area contributed by atoms with Crippen molar-refractivity contribution in [2.24, 2.45) is 10.7 Å². The van der Waals surface area contributed by atoms with Crippen LogP contribution >= 0.6 is 38.9 Å². The minimum atomic E-state index is 0.493. The fourth-order valence-corrected chi connectivity index (χ4v) is 2.80. The van der Waals surface area contributed by atoms with Crippen LogP contribution in [0.15, 0.2) is 39.8 Å². The SMILES string of the molecule is Cc1cc(Br)ccc1N=C(N)c1ccc(Cl)s1. The van der Waals surface area contributed by atoms with E-state index >= 15 is 0 Å². The maximum absolute atomic E-state index is 5.94. The molecule has 17 heavy (non-hydrogen) atoms. The van der Waals surface area contributed by atoms with Crippen molar-refractivity contribution >= 4 is 50.4 Å². The normalized spacial score (nSPS) is 11.8. The Morgan fingerprint density at radius 3 is 2.71 bits per heavy atom. The second-order valence-electron chi connectivity index (χ2n) is 3.53. The highest BCUT2D eigenvalue weighted by Gasteiger charge is 2.04. The van der Waals surface area contributed by atoms with Crippen LogP contribution in [-0.4, -0.2) is 5.84 Å². The van der Waals surface area contributed by atoms with Crippen molar-refractivity contribution in [3.63, 3.8) is 0 Å². The van der Waals surface area contributed by atoms with Crippen LogP contribution in [0.2, 0.25) is 4.34 Å². The third-order valence-electron chi connectivity index (χ3n) is 2.23. The quantitative estimate of drug-likeness (QED) is 0.639. The van der Waals surface area contributed by atoms with E-state index in [2.05, 4.69) is 20.9 Å². The maximum atomic E-state index is 5.94. The maximum Gasteiger partial charge on any atom is 0.141 e. The molecule has 2 N–H and O–H groups in total. The summed E-state index contributed by atoms with van der Waals surface area (Å²) in [6.45, 7) is 2.00. The first-order chi connectivity index (χ1) is 8.06. The van der Waals surface area contributed by atoms with Crippen molar-refractivity contribution in [1.82, 2.24) is 0 Å². The molecule has 0 amide bonds. The van der Waals surface area contributed by atoms with Gasteiger partial charge in [0.15, 0.2) is 0 Å². The van der Waals surface area contributed by atoms with Crippen LogP contribution in [0.1, 0.15) is 10.4 Å². The number of aryl methyl sites for hydroxylation is 1. The van der Waals surface area contributed by atoms with E-state index in [1.807, 2.05) is 37.3 Å². The first-order valence-corrected chi connectivity index (χ1v) is 6.91. The van der Waals surface area contributed by atoms with E-state index in [1.165, 1.54) is 11.3 Å². The van der Waals surface area contributed by atoms with Crippen LogP contribution in [0, 0.1) is 6.92 Å². The molecular formula is C12H10BrClN2S. The minimum absolute atomic E-state index is 0.493. The topological polar surface area (TPSA) is 38.4 Å². The van der Waals surface area contributed by atoms with E-state index in [1.54, 1.807) is 0 Å². The first kappa shape index (κ1) is 12.6. The van der Waals surface area contributed by atoms with Crippen molar-refractivity contribution in [3.8, 4) is 0 Å². The van der Waals surface area contributed by atoms with Gasteiger partial charge in [0.1, 0.15) is 5.84 Å². The molecule has 0 fully saturated rings. The van der Waals surface area contributed by atoms with Gasteiger partial charge in [-0.3, -0.25) is 0 Å². The van der Waals surface area contributed by atoms with Gasteiger partial charge >= 0.3 is 0 Å². The van der Waals surface area contributed by atoms with Crippen LogP contribution in [0.4, 0.5) is 5.69 Å². The van der Waals surface area contributed by atoms with E-state index in [4.69, 9.17) is 17.3 Å². The Bertz CT molecular complexity index is 578. The number of halogens is 2. The minimum Gasteiger partial charge on any atom is -0.383 e. The molecule has 1 heterocycles. The molecule has 0 aliphatic heterocycles. The van der Waals surface area contributed by atoms with E-state index in [0.29, 0.717) is 10.2 Å². The number of rotatable bonds is 2. The molecule has 0 saturated heterocycles. The van der Waals surface area contributed by atoms with Crippen molar-refractivity contribution in [2.75, 3.05) is 0 Å². The predicted octanol–water partition coefficient (Wildman–Crippen LogP) is 4.51. The summed E-state index contributed by atoms with van der Waals surface area (Å²) in [5.41, 5.74) is 7.88. The van der Waals surface area contributed by atoms with Gasteiger partial charge in [-0.15, -0.1) is 11.3 Å². The van der Waals surface area contributed by atoms with Crippen LogP contribution in [0.25, 0.3) is 0 Å². The molecule has 1 aromatic heterocycles. The summed E-state index contributed by atoms with van der Waals surface area (Å²) in [6, 6.07) is 9.58. The standard InChI is InChI=1S/C12H10BrClN2S/c1-7-6-8(13)2-3-9(7)16-12(15)10-4-5-11(14)17-10/h2-6H,1H3,(H2,15,16). The van der Waals surface area contributed by atoms with Crippen LogP contribution in [-0.2, 0) is 0 Å². The van der Waals surface area contributed by atoms with Crippen LogP contribution in [0.5, 0.6) is 0 Å². The van der Waals surface area contributed by atoms with E-state index < -0.39 is 0 Å². The number of nitrogens with two attached hydrogens (primary N) is 1. The Morgan fingerprint density at radius 2 is 2.12 bits per heavy atom. The Kier molecular flexibility index (Phi) is 3.86. The lowest BCUT2D eigenvalue weighted by molar-refractivity contribution is 1.37. The molecule has 0 bridgehead atoms. The second-order valence-corrected chi connectivity index (χ2v) is 6.16. The van der Waals surface area contributed by atoms with Gasteiger partial charge in [0.2, 0.25) is 0 Å². The van der Waals surface area contributed by atoms with Gasteiger partial charge in [-0.25, -0.2) is 4.99 Å². The van der Waals surface area contributed by atoms with E-state index in [-0.39, 0.29) is 0 Å². The van der Waals surface area contributed by atoms with E-state index in [0.717, 1.165) is 20.6 Å². The summed E-state index contributed by atoms with van der Waals surface area (Å²) >= 11 is 10.7. The smallest absolute Gasteiger partial charge is 0.141 e. The summed E-state index contributed by atoms with van der Waals surface area (Å²) in [5, 5.41) is 0. The van der Waals surface area contributed by atoms with Gasteiger partial charge in [-0.05, 0) is 42.8 Å². The molecule has 2 rings (SSSR count). The van der Waals surface area contributed by atoms with Gasteiger partial charge in [0, 0.05) is 4.47 Å². The lowest BCUT2D eigenvalue weighted by atomic mass is 10.2. The highest BCUT2D eigenvalue weighted by Crippen LogP contribution is 2.25. The molecular weight excluding hydrogens is 320 g/mol. The third kappa shape index (κ3) is 3.09. The Morgan fingerprint density at radius 1 is 1.35 bits per heavy atom. The molecule has 1 aromatic carbocycles. The predicted molar refractivity (Wildman–Crippen MR) is 78.6 cm³/mol. The summed E-state index contributed by atoms with van der Waals surface area (Å²) < 4.78 is 1.75. The molecule has 88 valence electrons. The number of amidine groups is 1. The lowest BCUT2D eigenvalue weighted by Crippen LogP contribution is -2.10. The van der Waals surface area contributed by atoms with Crippen molar-refractivity contribution in [3.05, 3.63) is 49.6 Å². The number of aliphatic imine (C=N–C) groups is 1. The van der Waals surface area contributed by atoms with Gasteiger partial charge in [-0.1, -0.05) is 27.5 Å². The fraction of sp³-hybridized carbons (Fsp3) is 0.0833. The molecule has 0 unspecified atom stereocenters. The highest BCUT2D eigenvalue weighted by molar-refractivity contribution is 9.10. The molecule has 2 aromatic rings. The highest BCUT2D eigenvalue weighted by atomic mass is 79.9. The van der Waals surface area contributed by atoms with E-state index in [9.17, 15) is 0 Å². The summed E-state index contributed by atoms with van der Waals surface area (Å²) in [6.07, 6.45) is 0. The third-order valence-corrected chi connectivity index (χ3v) is 3.97. The average Bonchev–Trinajstić information content (AvgIpc) is 2.69. The van der Waals surface area contributed by atoms with Gasteiger partial charge in [0.05, 0.1) is 14.9 Å². The zero-order valence-electron chi connectivity index (χ0n) is 9.08. The molecule has 2 nitrogen and oxygen atoms in total. The second kappa shape index (κ2) is 5.21. The first-order valence-electron chi connectivity index (χ1n) is 4.92. The monoisotopic (exact) mass is 328 g/mol. The molecule has 0 aliphatic carbocycles. The number of hydrogen-bond donors (Lipinski definition) is 1. The number of benzene rings is 1. The molecule has 0 saturated carbocycles. The van der Waals surface area contributed by atoms with Gasteiger partial charge < -0.3 is 5.73 Å². The largest absolute Gasteiger partial charge is 0.383 e.